The third kappa shape index (κ3) is 3.34. The number of rotatable bonds is 3. The lowest BCUT2D eigenvalue weighted by Gasteiger charge is -2.26. The Bertz CT molecular complexity index is 616. The number of carbonyl (C=O) groups is 1. The summed E-state index contributed by atoms with van der Waals surface area (Å²) in [4.78, 5) is 13.8. The number of hydrogen-bond donors (Lipinski definition) is 1. The van der Waals surface area contributed by atoms with Crippen molar-refractivity contribution in [3.8, 4) is 0 Å². The molecule has 110 valence electrons. The molecule has 1 fully saturated rings. The van der Waals surface area contributed by atoms with E-state index in [1.807, 2.05) is 11.0 Å². The van der Waals surface area contributed by atoms with E-state index in [0.717, 1.165) is 6.42 Å². The monoisotopic (exact) mass is 284 g/mol. The van der Waals surface area contributed by atoms with Crippen LogP contribution in [0.5, 0.6) is 0 Å². The SMILES string of the molecule is O=C(NCCc1cccc2ccccc12)N1CCOCC1. The molecule has 4 heteroatoms. The fourth-order valence-corrected chi connectivity index (χ4v) is 2.69. The fourth-order valence-electron chi connectivity index (χ4n) is 2.69. The predicted octanol–water partition coefficient (Wildman–Crippen LogP) is 2.42. The van der Waals surface area contributed by atoms with Crippen LogP contribution in [-0.4, -0.2) is 43.8 Å². The molecule has 4 nitrogen and oxygen atoms in total. The maximum atomic E-state index is 12.0. The molecule has 1 aliphatic heterocycles. The molecule has 0 atom stereocenters. The zero-order valence-corrected chi connectivity index (χ0v) is 12.0. The van der Waals surface area contributed by atoms with Crippen molar-refractivity contribution in [1.82, 2.24) is 10.2 Å². The molecule has 2 amide bonds. The van der Waals surface area contributed by atoms with Crippen LogP contribution in [0.15, 0.2) is 42.5 Å². The summed E-state index contributed by atoms with van der Waals surface area (Å²) in [6.07, 6.45) is 0.845. The maximum absolute atomic E-state index is 12.0. The highest BCUT2D eigenvalue weighted by Crippen LogP contribution is 2.18. The Morgan fingerprint density at radius 1 is 1.10 bits per heavy atom. The summed E-state index contributed by atoms with van der Waals surface area (Å²) in [7, 11) is 0. The van der Waals surface area contributed by atoms with Gasteiger partial charge in [-0.1, -0.05) is 42.5 Å². The van der Waals surface area contributed by atoms with E-state index in [1.54, 1.807) is 0 Å². The Labute approximate surface area is 124 Å². The molecule has 21 heavy (non-hydrogen) atoms. The standard InChI is InChI=1S/C17H20N2O2/c20-17(19-10-12-21-13-11-19)18-9-8-15-6-3-5-14-4-1-2-7-16(14)15/h1-7H,8-13H2,(H,18,20). The van der Waals surface area contributed by atoms with Crippen molar-refractivity contribution in [2.24, 2.45) is 0 Å². The Balaban J connectivity index is 1.58. The molecule has 0 unspecified atom stereocenters. The van der Waals surface area contributed by atoms with Crippen LogP contribution >= 0.6 is 0 Å². The van der Waals surface area contributed by atoms with Gasteiger partial charge in [0.25, 0.3) is 0 Å². The Morgan fingerprint density at radius 3 is 2.71 bits per heavy atom. The van der Waals surface area contributed by atoms with E-state index in [4.69, 9.17) is 4.74 Å². The van der Waals surface area contributed by atoms with E-state index in [-0.39, 0.29) is 6.03 Å². The van der Waals surface area contributed by atoms with Crippen molar-refractivity contribution >= 4 is 16.8 Å². The smallest absolute Gasteiger partial charge is 0.317 e. The van der Waals surface area contributed by atoms with Crippen LogP contribution in [0.1, 0.15) is 5.56 Å². The Hall–Kier alpha value is -2.07. The molecule has 0 spiro atoms. The lowest BCUT2D eigenvalue weighted by Crippen LogP contribution is -2.46. The van der Waals surface area contributed by atoms with Crippen LogP contribution in [0.2, 0.25) is 0 Å². The molecule has 0 radical (unpaired) electrons. The number of benzene rings is 2. The molecule has 0 aromatic heterocycles. The first-order valence-corrected chi connectivity index (χ1v) is 7.42. The first kappa shape index (κ1) is 13.9. The zero-order chi connectivity index (χ0) is 14.5. The lowest BCUT2D eigenvalue weighted by atomic mass is 10.0. The Kier molecular flexibility index (Phi) is 4.36. The van der Waals surface area contributed by atoms with Gasteiger partial charge in [-0.05, 0) is 22.8 Å². The molecule has 1 aliphatic rings. The van der Waals surface area contributed by atoms with E-state index in [2.05, 4.69) is 41.7 Å². The summed E-state index contributed by atoms with van der Waals surface area (Å²) in [5.74, 6) is 0. The minimum absolute atomic E-state index is 0.0125. The first-order chi connectivity index (χ1) is 10.3. The molecular formula is C17H20N2O2. The van der Waals surface area contributed by atoms with Gasteiger partial charge in [0.15, 0.2) is 0 Å². The third-order valence-electron chi connectivity index (χ3n) is 3.85. The van der Waals surface area contributed by atoms with Gasteiger partial charge >= 0.3 is 6.03 Å². The normalized spacial score (nSPS) is 15.1. The van der Waals surface area contributed by atoms with E-state index in [1.165, 1.54) is 16.3 Å². The van der Waals surface area contributed by atoms with Crippen molar-refractivity contribution in [3.05, 3.63) is 48.0 Å². The van der Waals surface area contributed by atoms with Gasteiger partial charge in [-0.15, -0.1) is 0 Å². The molecule has 1 heterocycles. The number of nitrogens with one attached hydrogen (secondary N) is 1. The largest absolute Gasteiger partial charge is 0.378 e. The molecule has 3 rings (SSSR count). The molecule has 0 saturated carbocycles. The van der Waals surface area contributed by atoms with Gasteiger partial charge in [0.2, 0.25) is 0 Å². The van der Waals surface area contributed by atoms with Crippen LogP contribution in [0.4, 0.5) is 4.79 Å². The average Bonchev–Trinajstić information content (AvgIpc) is 2.56. The first-order valence-electron chi connectivity index (χ1n) is 7.42. The molecule has 2 aromatic carbocycles. The summed E-state index contributed by atoms with van der Waals surface area (Å²) < 4.78 is 5.25. The molecule has 0 bridgehead atoms. The number of morpholine rings is 1. The van der Waals surface area contributed by atoms with Gasteiger partial charge in [-0.2, -0.15) is 0 Å². The van der Waals surface area contributed by atoms with Crippen molar-refractivity contribution in [2.75, 3.05) is 32.8 Å². The highest BCUT2D eigenvalue weighted by Gasteiger charge is 2.15. The number of nitrogens with zero attached hydrogens (tertiary/aromatic N) is 1. The number of ether oxygens (including phenoxy) is 1. The van der Waals surface area contributed by atoms with Crippen molar-refractivity contribution in [2.45, 2.75) is 6.42 Å². The summed E-state index contributed by atoms with van der Waals surface area (Å²) >= 11 is 0. The zero-order valence-electron chi connectivity index (χ0n) is 12.0. The van der Waals surface area contributed by atoms with Crippen LogP contribution in [-0.2, 0) is 11.2 Å². The van der Waals surface area contributed by atoms with Gasteiger partial charge in [-0.3, -0.25) is 0 Å². The van der Waals surface area contributed by atoms with Crippen molar-refractivity contribution in [3.63, 3.8) is 0 Å². The van der Waals surface area contributed by atoms with E-state index < -0.39 is 0 Å². The predicted molar refractivity (Wildman–Crippen MR) is 83.4 cm³/mol. The molecular weight excluding hydrogens is 264 g/mol. The summed E-state index contributed by atoms with van der Waals surface area (Å²) in [6.45, 7) is 3.29. The average molecular weight is 284 g/mol. The molecule has 1 saturated heterocycles. The highest BCUT2D eigenvalue weighted by molar-refractivity contribution is 5.85. The van der Waals surface area contributed by atoms with Gasteiger partial charge in [-0.25, -0.2) is 4.79 Å². The van der Waals surface area contributed by atoms with Crippen molar-refractivity contribution in [1.29, 1.82) is 0 Å². The summed E-state index contributed by atoms with van der Waals surface area (Å²) in [5.41, 5.74) is 1.27. The van der Waals surface area contributed by atoms with Crippen LogP contribution in [0.3, 0.4) is 0 Å². The second-order valence-electron chi connectivity index (χ2n) is 5.22. The van der Waals surface area contributed by atoms with Crippen LogP contribution < -0.4 is 5.32 Å². The minimum atomic E-state index is 0.0125. The van der Waals surface area contributed by atoms with Gasteiger partial charge in [0.05, 0.1) is 13.2 Å². The quantitative estimate of drug-likeness (QED) is 0.940. The number of urea groups is 1. The van der Waals surface area contributed by atoms with Gasteiger partial charge in [0.1, 0.15) is 0 Å². The molecule has 1 N–H and O–H groups in total. The second-order valence-corrected chi connectivity index (χ2v) is 5.22. The molecule has 2 aromatic rings. The lowest BCUT2D eigenvalue weighted by molar-refractivity contribution is 0.0533. The topological polar surface area (TPSA) is 41.6 Å². The number of amides is 2. The van der Waals surface area contributed by atoms with E-state index in [9.17, 15) is 4.79 Å². The third-order valence-corrected chi connectivity index (χ3v) is 3.85. The van der Waals surface area contributed by atoms with Crippen LogP contribution in [0, 0.1) is 0 Å². The Morgan fingerprint density at radius 2 is 1.86 bits per heavy atom. The highest BCUT2D eigenvalue weighted by atomic mass is 16.5. The fraction of sp³-hybridized carbons (Fsp3) is 0.353. The van der Waals surface area contributed by atoms with E-state index >= 15 is 0 Å². The summed E-state index contributed by atoms with van der Waals surface area (Å²) in [6, 6.07) is 14.7. The number of hydrogen-bond acceptors (Lipinski definition) is 2. The van der Waals surface area contributed by atoms with Gasteiger partial charge in [0, 0.05) is 19.6 Å². The molecule has 0 aliphatic carbocycles. The van der Waals surface area contributed by atoms with Crippen LogP contribution in [0.25, 0.3) is 10.8 Å². The van der Waals surface area contributed by atoms with E-state index in [0.29, 0.717) is 32.8 Å². The minimum Gasteiger partial charge on any atom is -0.378 e. The van der Waals surface area contributed by atoms with Gasteiger partial charge < -0.3 is 15.0 Å². The maximum Gasteiger partial charge on any atom is 0.317 e. The van der Waals surface area contributed by atoms with Crippen molar-refractivity contribution < 1.29 is 9.53 Å². The second kappa shape index (κ2) is 6.59. The number of fused-ring (bicyclic) bond motifs is 1. The summed E-state index contributed by atoms with van der Waals surface area (Å²) in [5, 5.41) is 5.51. The number of carbonyl (C=O) groups excluding carboxylic acids is 1.